The molecule has 0 spiro atoms. The van der Waals surface area contributed by atoms with E-state index in [1.54, 1.807) is 17.8 Å². The standard InChI is InChI=1S/C17H14FNOS/c1-19-15-5-2-10(8-20)6-13(15)14-9-21-16-7-11(18)3-4-12(16)17(14)19/h2-7,20H,8-9H2,1H3. The van der Waals surface area contributed by atoms with Gasteiger partial charge in [0.25, 0.3) is 0 Å². The highest BCUT2D eigenvalue weighted by molar-refractivity contribution is 7.98. The molecule has 2 nitrogen and oxygen atoms in total. The molecule has 0 saturated carbocycles. The Bertz CT molecular complexity index is 869. The Morgan fingerprint density at radius 2 is 2.10 bits per heavy atom. The van der Waals surface area contributed by atoms with E-state index in [4.69, 9.17) is 0 Å². The van der Waals surface area contributed by atoms with Crippen LogP contribution < -0.4 is 0 Å². The zero-order chi connectivity index (χ0) is 14.6. The van der Waals surface area contributed by atoms with E-state index in [0.717, 1.165) is 33.0 Å². The minimum Gasteiger partial charge on any atom is -0.392 e. The topological polar surface area (TPSA) is 25.2 Å². The average Bonchev–Trinajstić information content (AvgIpc) is 2.79. The maximum atomic E-state index is 13.4. The summed E-state index contributed by atoms with van der Waals surface area (Å²) in [5.41, 5.74) is 5.59. The summed E-state index contributed by atoms with van der Waals surface area (Å²) in [6, 6.07) is 11.1. The fraction of sp³-hybridized carbons (Fsp3) is 0.176. The van der Waals surface area contributed by atoms with Gasteiger partial charge in [-0.05, 0) is 41.5 Å². The number of aromatic nitrogens is 1. The fourth-order valence-electron chi connectivity index (χ4n) is 3.12. The Labute approximate surface area is 126 Å². The van der Waals surface area contributed by atoms with Gasteiger partial charge in [0.2, 0.25) is 0 Å². The van der Waals surface area contributed by atoms with Crippen molar-refractivity contribution in [3.05, 3.63) is 53.3 Å². The minimum atomic E-state index is -0.189. The lowest BCUT2D eigenvalue weighted by atomic mass is 10.0. The minimum absolute atomic E-state index is 0.0501. The number of thioether (sulfide) groups is 1. The number of rotatable bonds is 1. The van der Waals surface area contributed by atoms with E-state index in [1.165, 1.54) is 17.0 Å². The van der Waals surface area contributed by atoms with Gasteiger partial charge in [-0.25, -0.2) is 4.39 Å². The summed E-state index contributed by atoms with van der Waals surface area (Å²) in [4.78, 5) is 0.996. The van der Waals surface area contributed by atoms with Crippen molar-refractivity contribution in [2.24, 2.45) is 7.05 Å². The van der Waals surface area contributed by atoms with Gasteiger partial charge in [0.1, 0.15) is 5.82 Å². The lowest BCUT2D eigenvalue weighted by Crippen LogP contribution is -1.99. The van der Waals surface area contributed by atoms with Crippen molar-refractivity contribution in [1.29, 1.82) is 0 Å². The third-order valence-corrected chi connectivity index (χ3v) is 5.20. The number of aliphatic hydroxyl groups is 1. The van der Waals surface area contributed by atoms with E-state index >= 15 is 0 Å². The molecule has 106 valence electrons. The molecule has 21 heavy (non-hydrogen) atoms. The fourth-order valence-corrected chi connectivity index (χ4v) is 4.22. The summed E-state index contributed by atoms with van der Waals surface area (Å²) in [5, 5.41) is 10.5. The molecule has 0 unspecified atom stereocenters. The first-order valence-corrected chi connectivity index (χ1v) is 7.81. The second-order valence-corrected chi connectivity index (χ2v) is 6.34. The molecule has 1 aliphatic rings. The Kier molecular flexibility index (Phi) is 2.84. The SMILES string of the molecule is Cn1c2c(c3cc(CO)ccc31)CSc1cc(F)ccc1-2. The molecule has 0 atom stereocenters. The van der Waals surface area contributed by atoms with Crippen LogP contribution in [0.1, 0.15) is 11.1 Å². The monoisotopic (exact) mass is 299 g/mol. The summed E-state index contributed by atoms with van der Waals surface area (Å²) in [6.45, 7) is 0.0501. The Morgan fingerprint density at radius 3 is 2.90 bits per heavy atom. The van der Waals surface area contributed by atoms with Crippen LogP contribution in [-0.4, -0.2) is 9.67 Å². The first-order valence-electron chi connectivity index (χ1n) is 6.83. The van der Waals surface area contributed by atoms with E-state index < -0.39 is 0 Å². The van der Waals surface area contributed by atoms with Gasteiger partial charge in [-0.1, -0.05) is 6.07 Å². The highest BCUT2D eigenvalue weighted by Gasteiger charge is 2.23. The van der Waals surface area contributed by atoms with Gasteiger partial charge in [0.15, 0.2) is 0 Å². The van der Waals surface area contributed by atoms with Crippen molar-refractivity contribution < 1.29 is 9.50 Å². The van der Waals surface area contributed by atoms with Crippen molar-refractivity contribution >= 4 is 22.7 Å². The normalized spacial score (nSPS) is 13.3. The molecule has 0 saturated heterocycles. The summed E-state index contributed by atoms with van der Waals surface area (Å²) in [6.07, 6.45) is 0. The molecule has 0 bridgehead atoms. The average molecular weight is 299 g/mol. The van der Waals surface area contributed by atoms with Crippen LogP contribution in [0.3, 0.4) is 0 Å². The van der Waals surface area contributed by atoms with Crippen molar-refractivity contribution in [2.45, 2.75) is 17.3 Å². The molecule has 4 rings (SSSR count). The summed E-state index contributed by atoms with van der Waals surface area (Å²) < 4.78 is 15.6. The first-order chi connectivity index (χ1) is 10.2. The van der Waals surface area contributed by atoms with Gasteiger partial charge in [-0.2, -0.15) is 0 Å². The Hall–Kier alpha value is -1.78. The van der Waals surface area contributed by atoms with E-state index in [0.29, 0.717) is 0 Å². The molecule has 2 heterocycles. The highest BCUT2D eigenvalue weighted by Crippen LogP contribution is 2.45. The lowest BCUT2D eigenvalue weighted by Gasteiger charge is -2.18. The van der Waals surface area contributed by atoms with Gasteiger partial charge >= 0.3 is 0 Å². The van der Waals surface area contributed by atoms with Gasteiger partial charge in [-0.3, -0.25) is 0 Å². The number of hydrogen-bond acceptors (Lipinski definition) is 2. The largest absolute Gasteiger partial charge is 0.392 e. The van der Waals surface area contributed by atoms with Crippen LogP contribution in [0.2, 0.25) is 0 Å². The smallest absolute Gasteiger partial charge is 0.124 e. The second-order valence-electron chi connectivity index (χ2n) is 5.32. The van der Waals surface area contributed by atoms with Crippen molar-refractivity contribution in [3.8, 4) is 11.3 Å². The summed E-state index contributed by atoms with van der Waals surface area (Å²) in [7, 11) is 2.04. The predicted octanol–water partition coefficient (Wildman–Crippen LogP) is 4.08. The van der Waals surface area contributed by atoms with Gasteiger partial charge < -0.3 is 9.67 Å². The summed E-state index contributed by atoms with van der Waals surface area (Å²) >= 11 is 1.67. The van der Waals surface area contributed by atoms with Crippen molar-refractivity contribution in [3.63, 3.8) is 0 Å². The van der Waals surface area contributed by atoms with Crippen LogP contribution in [0.15, 0.2) is 41.3 Å². The molecule has 1 N–H and O–H groups in total. The van der Waals surface area contributed by atoms with Crippen LogP contribution in [0, 0.1) is 5.82 Å². The number of aliphatic hydroxyl groups excluding tert-OH is 1. The van der Waals surface area contributed by atoms with Gasteiger partial charge in [-0.15, -0.1) is 11.8 Å². The van der Waals surface area contributed by atoms with Crippen LogP contribution in [0.5, 0.6) is 0 Å². The summed E-state index contributed by atoms with van der Waals surface area (Å²) in [5.74, 6) is 0.642. The number of hydrogen-bond donors (Lipinski definition) is 1. The Morgan fingerprint density at radius 1 is 1.24 bits per heavy atom. The van der Waals surface area contributed by atoms with E-state index in [1.807, 2.05) is 25.2 Å². The lowest BCUT2D eigenvalue weighted by molar-refractivity contribution is 0.282. The molecule has 4 heteroatoms. The molecule has 0 aliphatic carbocycles. The molecule has 0 amide bonds. The molecule has 3 aromatic rings. The van der Waals surface area contributed by atoms with Crippen molar-refractivity contribution in [1.82, 2.24) is 4.57 Å². The van der Waals surface area contributed by atoms with Crippen LogP contribution in [0.4, 0.5) is 4.39 Å². The number of nitrogens with zero attached hydrogens (tertiary/aromatic N) is 1. The van der Waals surface area contributed by atoms with Gasteiger partial charge in [0, 0.05) is 34.2 Å². The number of aryl methyl sites for hydroxylation is 1. The molecule has 0 radical (unpaired) electrons. The molecular weight excluding hydrogens is 285 g/mol. The maximum Gasteiger partial charge on any atom is 0.124 e. The first kappa shape index (κ1) is 12.9. The number of benzene rings is 2. The van der Waals surface area contributed by atoms with Gasteiger partial charge in [0.05, 0.1) is 12.3 Å². The van der Waals surface area contributed by atoms with Crippen LogP contribution >= 0.6 is 11.8 Å². The van der Waals surface area contributed by atoms with E-state index in [9.17, 15) is 9.50 Å². The number of halogens is 1. The van der Waals surface area contributed by atoms with Crippen LogP contribution in [0.25, 0.3) is 22.2 Å². The third-order valence-electron chi connectivity index (χ3n) is 4.12. The molecule has 1 aliphatic heterocycles. The van der Waals surface area contributed by atoms with E-state index in [-0.39, 0.29) is 12.4 Å². The highest BCUT2D eigenvalue weighted by atomic mass is 32.2. The zero-order valence-electron chi connectivity index (χ0n) is 11.6. The Balaban J connectivity index is 2.06. The molecular formula is C17H14FNOS. The molecule has 2 aromatic carbocycles. The zero-order valence-corrected chi connectivity index (χ0v) is 12.4. The second kappa shape index (κ2) is 4.61. The van der Waals surface area contributed by atoms with E-state index in [2.05, 4.69) is 10.6 Å². The molecule has 1 aromatic heterocycles. The van der Waals surface area contributed by atoms with Crippen molar-refractivity contribution in [2.75, 3.05) is 0 Å². The maximum absolute atomic E-state index is 13.4. The number of fused-ring (bicyclic) bond motifs is 5. The van der Waals surface area contributed by atoms with Crippen LogP contribution in [-0.2, 0) is 19.4 Å². The molecule has 0 fully saturated rings. The predicted molar refractivity (Wildman–Crippen MR) is 83.8 cm³/mol. The third kappa shape index (κ3) is 1.83. The quantitative estimate of drug-likeness (QED) is 0.732.